The minimum absolute atomic E-state index is 0.117. The van der Waals surface area contributed by atoms with Crippen LogP contribution in [0.15, 0.2) is 36.7 Å². The summed E-state index contributed by atoms with van der Waals surface area (Å²) in [4.78, 5) is 23.0. The Bertz CT molecular complexity index is 1010. The van der Waals surface area contributed by atoms with Crippen LogP contribution in [0.2, 0.25) is 0 Å². The first-order chi connectivity index (χ1) is 13.4. The molecule has 1 fully saturated rings. The molecule has 0 aromatic carbocycles. The van der Waals surface area contributed by atoms with E-state index in [0.717, 1.165) is 4.52 Å². The number of carbonyl (C=O) groups excluding carboxylic acids is 1. The molecule has 0 saturated carbocycles. The second-order valence-electron chi connectivity index (χ2n) is 6.96. The number of hydrogen-bond donors (Lipinski definition) is 1. The smallest absolute Gasteiger partial charge is 0.280 e. The SMILES string of the molecule is Cc1cc(C(F)F)n2ncc(C(=O)N3CCC(O)(c4ccccn4)CC3)c2n1. The lowest BCUT2D eigenvalue weighted by Gasteiger charge is -2.37. The minimum atomic E-state index is -2.73. The predicted octanol–water partition coefficient (Wildman–Crippen LogP) is 2.49. The van der Waals surface area contributed by atoms with Gasteiger partial charge in [-0.1, -0.05) is 6.07 Å². The molecule has 0 atom stereocenters. The van der Waals surface area contributed by atoms with Crippen molar-refractivity contribution in [3.8, 4) is 0 Å². The number of aliphatic hydroxyl groups is 1. The van der Waals surface area contributed by atoms with Crippen LogP contribution in [0.5, 0.6) is 0 Å². The van der Waals surface area contributed by atoms with Crippen molar-refractivity contribution >= 4 is 11.6 Å². The van der Waals surface area contributed by atoms with Gasteiger partial charge in [0.25, 0.3) is 12.3 Å². The van der Waals surface area contributed by atoms with Crippen molar-refractivity contribution in [3.63, 3.8) is 0 Å². The van der Waals surface area contributed by atoms with Gasteiger partial charge in [0.15, 0.2) is 5.65 Å². The fourth-order valence-corrected chi connectivity index (χ4v) is 3.56. The van der Waals surface area contributed by atoms with Crippen molar-refractivity contribution in [2.75, 3.05) is 13.1 Å². The van der Waals surface area contributed by atoms with E-state index in [2.05, 4.69) is 15.1 Å². The molecule has 4 heterocycles. The Morgan fingerprint density at radius 1 is 1.29 bits per heavy atom. The summed E-state index contributed by atoms with van der Waals surface area (Å²) in [6.45, 7) is 2.23. The summed E-state index contributed by atoms with van der Waals surface area (Å²) in [5.74, 6) is -0.337. The van der Waals surface area contributed by atoms with Crippen molar-refractivity contribution < 1.29 is 18.7 Å². The van der Waals surface area contributed by atoms with Gasteiger partial charge in [0.05, 0.1) is 11.9 Å². The maximum absolute atomic E-state index is 13.3. The molecule has 0 unspecified atom stereocenters. The molecule has 146 valence electrons. The summed E-state index contributed by atoms with van der Waals surface area (Å²) in [5.41, 5.74) is -0.126. The van der Waals surface area contributed by atoms with Gasteiger partial charge >= 0.3 is 0 Å². The average Bonchev–Trinajstić information content (AvgIpc) is 3.11. The number of fused-ring (bicyclic) bond motifs is 1. The van der Waals surface area contributed by atoms with Crippen LogP contribution in [0, 0.1) is 6.92 Å². The molecule has 1 aliphatic heterocycles. The van der Waals surface area contributed by atoms with E-state index in [1.165, 1.54) is 12.3 Å². The zero-order chi connectivity index (χ0) is 19.9. The molecule has 4 rings (SSSR count). The molecule has 1 saturated heterocycles. The third-order valence-electron chi connectivity index (χ3n) is 5.10. The number of halogens is 2. The molecule has 28 heavy (non-hydrogen) atoms. The molecule has 0 bridgehead atoms. The molecule has 3 aromatic rings. The molecule has 0 aliphatic carbocycles. The van der Waals surface area contributed by atoms with Gasteiger partial charge in [-0.2, -0.15) is 5.10 Å². The molecule has 0 spiro atoms. The first-order valence-electron chi connectivity index (χ1n) is 8.96. The highest BCUT2D eigenvalue weighted by molar-refractivity contribution is 5.99. The van der Waals surface area contributed by atoms with Gasteiger partial charge in [-0.05, 0) is 38.0 Å². The molecule has 9 heteroatoms. The Balaban J connectivity index is 1.58. The van der Waals surface area contributed by atoms with Crippen molar-refractivity contribution in [2.45, 2.75) is 31.8 Å². The van der Waals surface area contributed by atoms with Crippen molar-refractivity contribution in [1.82, 2.24) is 24.5 Å². The Labute approximate surface area is 159 Å². The molecular weight excluding hydrogens is 368 g/mol. The summed E-state index contributed by atoms with van der Waals surface area (Å²) < 4.78 is 27.6. The van der Waals surface area contributed by atoms with Crippen molar-refractivity contribution in [1.29, 1.82) is 0 Å². The number of likely N-dealkylation sites (tertiary alicyclic amines) is 1. The summed E-state index contributed by atoms with van der Waals surface area (Å²) >= 11 is 0. The normalized spacial score (nSPS) is 16.7. The Kier molecular flexibility index (Phi) is 4.54. The highest BCUT2D eigenvalue weighted by Crippen LogP contribution is 2.32. The van der Waals surface area contributed by atoms with Gasteiger partial charge in [0.2, 0.25) is 0 Å². The van der Waals surface area contributed by atoms with Gasteiger partial charge in [0.1, 0.15) is 16.9 Å². The van der Waals surface area contributed by atoms with E-state index in [1.54, 1.807) is 30.2 Å². The quantitative estimate of drug-likeness (QED) is 0.747. The van der Waals surface area contributed by atoms with Gasteiger partial charge < -0.3 is 10.0 Å². The first kappa shape index (κ1) is 18.4. The van der Waals surface area contributed by atoms with Gasteiger partial charge in [-0.15, -0.1) is 0 Å². The van der Waals surface area contributed by atoms with Crippen LogP contribution >= 0.6 is 0 Å². The van der Waals surface area contributed by atoms with E-state index in [4.69, 9.17) is 0 Å². The van der Waals surface area contributed by atoms with E-state index in [1.807, 2.05) is 6.07 Å². The van der Waals surface area contributed by atoms with Crippen molar-refractivity contribution in [2.24, 2.45) is 0 Å². The number of alkyl halides is 2. The monoisotopic (exact) mass is 387 g/mol. The second kappa shape index (κ2) is 6.90. The number of piperidine rings is 1. The lowest BCUT2D eigenvalue weighted by atomic mass is 9.87. The lowest BCUT2D eigenvalue weighted by molar-refractivity contribution is -0.0243. The summed E-state index contributed by atoms with van der Waals surface area (Å²) in [6.07, 6.45) is 0.844. The van der Waals surface area contributed by atoms with Crippen LogP contribution in [0.4, 0.5) is 8.78 Å². The molecule has 1 N–H and O–H groups in total. The average molecular weight is 387 g/mol. The van der Waals surface area contributed by atoms with Gasteiger partial charge in [-0.3, -0.25) is 9.78 Å². The largest absolute Gasteiger partial charge is 0.383 e. The summed E-state index contributed by atoms with van der Waals surface area (Å²) in [7, 11) is 0. The predicted molar refractivity (Wildman–Crippen MR) is 96.0 cm³/mol. The number of carbonyl (C=O) groups is 1. The van der Waals surface area contributed by atoms with Crippen LogP contribution in [0.3, 0.4) is 0 Å². The number of aromatic nitrogens is 4. The Morgan fingerprint density at radius 2 is 2.04 bits per heavy atom. The molecule has 3 aromatic heterocycles. The van der Waals surface area contributed by atoms with Gasteiger partial charge in [-0.25, -0.2) is 18.3 Å². The first-order valence-corrected chi connectivity index (χ1v) is 8.96. The Morgan fingerprint density at radius 3 is 2.68 bits per heavy atom. The number of rotatable bonds is 3. The zero-order valence-corrected chi connectivity index (χ0v) is 15.2. The van der Waals surface area contributed by atoms with Crippen molar-refractivity contribution in [3.05, 3.63) is 59.3 Å². The zero-order valence-electron chi connectivity index (χ0n) is 15.2. The molecule has 1 amide bonds. The van der Waals surface area contributed by atoms with Crippen LogP contribution in [-0.2, 0) is 5.60 Å². The fraction of sp³-hybridized carbons (Fsp3) is 0.368. The second-order valence-corrected chi connectivity index (χ2v) is 6.96. The maximum Gasteiger partial charge on any atom is 0.280 e. The summed E-state index contributed by atoms with van der Waals surface area (Å²) in [6, 6.07) is 6.61. The molecule has 7 nitrogen and oxygen atoms in total. The number of aryl methyl sites for hydroxylation is 1. The van der Waals surface area contributed by atoms with Crippen LogP contribution < -0.4 is 0 Å². The van der Waals surface area contributed by atoms with Crippen LogP contribution in [0.1, 0.15) is 46.7 Å². The van der Waals surface area contributed by atoms with E-state index in [9.17, 15) is 18.7 Å². The standard InChI is InChI=1S/C19H19F2N5O2/c1-12-10-14(16(20)21)26-17(24-12)13(11-23-26)18(27)25-8-5-19(28,6-9-25)15-4-2-3-7-22-15/h2-4,7,10-11,16,28H,5-6,8-9H2,1H3. The Hall–Kier alpha value is -2.94. The molecular formula is C19H19F2N5O2. The maximum atomic E-state index is 13.3. The van der Waals surface area contributed by atoms with Gasteiger partial charge in [0, 0.05) is 25.0 Å². The number of hydrogen-bond acceptors (Lipinski definition) is 5. The van der Waals surface area contributed by atoms with Crippen LogP contribution in [0.25, 0.3) is 5.65 Å². The number of pyridine rings is 1. The number of nitrogens with zero attached hydrogens (tertiary/aromatic N) is 5. The fourth-order valence-electron chi connectivity index (χ4n) is 3.56. The highest BCUT2D eigenvalue weighted by Gasteiger charge is 2.37. The van der Waals surface area contributed by atoms with Crippen LogP contribution in [-0.4, -0.2) is 48.6 Å². The van der Waals surface area contributed by atoms with E-state index < -0.39 is 12.0 Å². The van der Waals surface area contributed by atoms with E-state index in [-0.39, 0.29) is 22.8 Å². The minimum Gasteiger partial charge on any atom is -0.383 e. The van der Waals surface area contributed by atoms with E-state index in [0.29, 0.717) is 37.3 Å². The molecule has 0 radical (unpaired) electrons. The van der Waals surface area contributed by atoms with E-state index >= 15 is 0 Å². The topological polar surface area (TPSA) is 83.6 Å². The number of amides is 1. The lowest BCUT2D eigenvalue weighted by Crippen LogP contribution is -2.45. The highest BCUT2D eigenvalue weighted by atomic mass is 19.3. The third-order valence-corrected chi connectivity index (χ3v) is 5.10. The third kappa shape index (κ3) is 3.11. The summed E-state index contributed by atoms with van der Waals surface area (Å²) in [5, 5.41) is 14.8. The molecule has 1 aliphatic rings.